The third kappa shape index (κ3) is 5.30. The molecule has 4 aliphatic carbocycles. The number of nitro groups is 1. The zero-order valence-electron chi connectivity index (χ0n) is 25.4. The lowest BCUT2D eigenvalue weighted by Crippen LogP contribution is -2.62. The number of non-ortho nitro benzene ring substituents is 1. The molecule has 1 aromatic rings. The van der Waals surface area contributed by atoms with Gasteiger partial charge in [-0.15, -0.1) is 0 Å². The Bertz CT molecular complexity index is 1300. The number of amides is 1. The van der Waals surface area contributed by atoms with Crippen LogP contribution in [0.25, 0.3) is 0 Å². The van der Waals surface area contributed by atoms with E-state index in [0.717, 1.165) is 57.4 Å². The molecule has 0 radical (unpaired) electrons. The lowest BCUT2D eigenvalue weighted by atomic mass is 9.41. The Labute approximate surface area is 250 Å². The molecule has 42 heavy (non-hydrogen) atoms. The number of hydrogen-bond acceptors (Lipinski definition) is 7. The molecule has 4 fully saturated rings. The molecular formula is C32H48N2O7S. The quantitative estimate of drug-likeness (QED) is 0.264. The zero-order valence-corrected chi connectivity index (χ0v) is 26.2. The van der Waals surface area contributed by atoms with Gasteiger partial charge in [-0.3, -0.25) is 14.9 Å². The van der Waals surface area contributed by atoms with Crippen molar-refractivity contribution in [1.29, 1.82) is 0 Å². The van der Waals surface area contributed by atoms with Crippen molar-refractivity contribution in [2.24, 2.45) is 52.3 Å². The Balaban J connectivity index is 1.26. The Morgan fingerprint density at radius 1 is 1.10 bits per heavy atom. The molecule has 11 atom stereocenters. The van der Waals surface area contributed by atoms with E-state index in [2.05, 4.69) is 32.4 Å². The van der Waals surface area contributed by atoms with Gasteiger partial charge in [0.05, 0.1) is 22.0 Å². The third-order valence-corrected chi connectivity index (χ3v) is 13.9. The van der Waals surface area contributed by atoms with Crippen molar-refractivity contribution in [2.45, 2.75) is 109 Å². The number of nitro benzene ring substituents is 1. The highest BCUT2D eigenvalue weighted by atomic mass is 32.2. The van der Waals surface area contributed by atoms with E-state index in [1.165, 1.54) is 18.2 Å². The van der Waals surface area contributed by atoms with Crippen LogP contribution in [0, 0.1) is 62.4 Å². The van der Waals surface area contributed by atoms with Crippen molar-refractivity contribution in [3.63, 3.8) is 0 Å². The van der Waals surface area contributed by atoms with Gasteiger partial charge in [0.15, 0.2) is 0 Å². The minimum absolute atomic E-state index is 0.0568. The maximum atomic E-state index is 12.8. The number of aliphatic hydroxyl groups excluding tert-OH is 2. The van der Waals surface area contributed by atoms with Crippen LogP contribution in [0.3, 0.4) is 0 Å². The first-order chi connectivity index (χ1) is 19.7. The van der Waals surface area contributed by atoms with E-state index >= 15 is 0 Å². The monoisotopic (exact) mass is 604 g/mol. The first-order valence-electron chi connectivity index (χ1n) is 15.9. The zero-order chi connectivity index (χ0) is 30.6. The Hall–Kier alpha value is -2.04. The van der Waals surface area contributed by atoms with Gasteiger partial charge in [-0.1, -0.05) is 40.2 Å². The van der Waals surface area contributed by atoms with Crippen molar-refractivity contribution in [1.82, 2.24) is 4.72 Å². The fourth-order valence-corrected chi connectivity index (χ4v) is 11.6. The highest BCUT2D eigenvalue weighted by molar-refractivity contribution is 7.90. The van der Waals surface area contributed by atoms with Gasteiger partial charge in [0.1, 0.15) is 0 Å². The summed E-state index contributed by atoms with van der Waals surface area (Å²) in [5.41, 5.74) is -0.142. The topological polar surface area (TPSA) is 147 Å². The molecule has 0 heterocycles. The van der Waals surface area contributed by atoms with Gasteiger partial charge >= 0.3 is 0 Å². The predicted octanol–water partition coefficient (Wildman–Crippen LogP) is 5.44. The second-order valence-electron chi connectivity index (χ2n) is 14.4. The van der Waals surface area contributed by atoms with Crippen molar-refractivity contribution in [3.05, 3.63) is 34.4 Å². The summed E-state index contributed by atoms with van der Waals surface area (Å²) >= 11 is 0. The molecule has 5 rings (SSSR count). The summed E-state index contributed by atoms with van der Waals surface area (Å²) < 4.78 is 27.5. The van der Waals surface area contributed by atoms with Crippen LogP contribution in [0.15, 0.2) is 29.2 Å². The van der Waals surface area contributed by atoms with Crippen LogP contribution < -0.4 is 4.72 Å². The Kier molecular flexibility index (Phi) is 8.57. The van der Waals surface area contributed by atoms with E-state index in [1.54, 1.807) is 0 Å². The molecule has 3 N–H and O–H groups in total. The number of rotatable bonds is 8. The molecule has 4 saturated carbocycles. The molecule has 0 saturated heterocycles. The average molecular weight is 605 g/mol. The first-order valence-corrected chi connectivity index (χ1v) is 17.4. The van der Waals surface area contributed by atoms with Crippen molar-refractivity contribution >= 4 is 21.6 Å². The Morgan fingerprint density at radius 2 is 1.79 bits per heavy atom. The number of carbonyl (C=O) groups is 1. The lowest BCUT2D eigenvalue weighted by molar-refractivity contribution is -0.385. The largest absolute Gasteiger partial charge is 0.393 e. The van der Waals surface area contributed by atoms with E-state index in [-0.39, 0.29) is 57.8 Å². The lowest BCUT2D eigenvalue weighted by Gasteiger charge is -2.64. The maximum absolute atomic E-state index is 12.8. The molecule has 1 aromatic carbocycles. The van der Waals surface area contributed by atoms with Gasteiger partial charge in [-0.2, -0.15) is 0 Å². The second-order valence-corrected chi connectivity index (χ2v) is 16.1. The highest BCUT2D eigenvalue weighted by Gasteiger charge is 2.64. The normalized spacial score (nSPS) is 40.3. The van der Waals surface area contributed by atoms with E-state index < -0.39 is 20.9 Å². The third-order valence-electron chi connectivity index (χ3n) is 12.6. The SMILES string of the molecule is CC[C@@H]1C2C[C@H](O)CCC2(C)[C@H]2CCC3(C)C([C@H](C)CCC(=O)NS(=O)(=O)c4cccc([N+](=O)[O-])c4)CC[C@H]3[C@@H]2[C@@H]1O. The van der Waals surface area contributed by atoms with Crippen molar-refractivity contribution in [3.8, 4) is 0 Å². The number of sulfonamides is 1. The van der Waals surface area contributed by atoms with Crippen LogP contribution in [-0.2, 0) is 14.8 Å². The number of fused-ring (bicyclic) bond motifs is 5. The van der Waals surface area contributed by atoms with Gasteiger partial charge < -0.3 is 10.2 Å². The fourth-order valence-electron chi connectivity index (χ4n) is 10.5. The van der Waals surface area contributed by atoms with Crippen molar-refractivity contribution in [2.75, 3.05) is 0 Å². The molecule has 234 valence electrons. The highest BCUT2D eigenvalue weighted by Crippen LogP contribution is 2.69. The summed E-state index contributed by atoms with van der Waals surface area (Å²) in [4.78, 5) is 22.8. The molecule has 9 nitrogen and oxygen atoms in total. The number of nitrogens with one attached hydrogen (secondary N) is 1. The summed E-state index contributed by atoms with van der Waals surface area (Å²) in [6.07, 6.45) is 7.88. The molecule has 0 spiro atoms. The summed E-state index contributed by atoms with van der Waals surface area (Å²) in [6, 6.07) is 4.69. The van der Waals surface area contributed by atoms with Crippen LogP contribution in [0.5, 0.6) is 0 Å². The maximum Gasteiger partial charge on any atom is 0.270 e. The van der Waals surface area contributed by atoms with Gasteiger partial charge in [0.2, 0.25) is 5.91 Å². The van der Waals surface area contributed by atoms with Gasteiger partial charge in [0.25, 0.3) is 15.7 Å². The summed E-state index contributed by atoms with van der Waals surface area (Å²) in [7, 11) is -4.21. The first kappa shape index (κ1) is 31.4. The summed E-state index contributed by atoms with van der Waals surface area (Å²) in [5, 5.41) is 33.5. The number of benzene rings is 1. The van der Waals surface area contributed by atoms with E-state index in [4.69, 9.17) is 0 Å². The smallest absolute Gasteiger partial charge is 0.270 e. The second kappa shape index (κ2) is 11.5. The molecule has 4 aliphatic rings. The molecule has 10 heteroatoms. The summed E-state index contributed by atoms with van der Waals surface area (Å²) in [5.74, 6) is 1.69. The van der Waals surface area contributed by atoms with Crippen LogP contribution in [0.4, 0.5) is 5.69 Å². The van der Waals surface area contributed by atoms with Gasteiger partial charge in [0, 0.05) is 18.6 Å². The Morgan fingerprint density at radius 3 is 2.48 bits per heavy atom. The van der Waals surface area contributed by atoms with E-state index in [9.17, 15) is 33.5 Å². The van der Waals surface area contributed by atoms with Crippen LogP contribution in [0.1, 0.15) is 91.9 Å². The predicted molar refractivity (Wildman–Crippen MR) is 159 cm³/mol. The number of hydrogen-bond donors (Lipinski definition) is 3. The molecule has 0 aromatic heterocycles. The molecule has 4 unspecified atom stereocenters. The average Bonchev–Trinajstić information content (AvgIpc) is 3.30. The van der Waals surface area contributed by atoms with Crippen LogP contribution in [0.2, 0.25) is 0 Å². The van der Waals surface area contributed by atoms with E-state index in [1.807, 2.05) is 0 Å². The van der Waals surface area contributed by atoms with Gasteiger partial charge in [-0.25, -0.2) is 13.1 Å². The van der Waals surface area contributed by atoms with Crippen molar-refractivity contribution < 1.29 is 28.3 Å². The van der Waals surface area contributed by atoms with Crippen LogP contribution in [-0.4, -0.2) is 41.7 Å². The summed E-state index contributed by atoms with van der Waals surface area (Å²) in [6.45, 7) is 9.18. The standard InChI is InChI=1S/C32H48N2O7S/c1-5-23-27-18-21(35)13-15-32(27,4)26-14-16-31(3)24(10-11-25(31)29(26)30(23)37)19(2)9-12-28(36)33-42(40,41)22-8-6-7-20(17-22)34(38)39/h6-8,17,19,21,23-27,29-30,35,37H,5,9-16,18H2,1-4H3,(H,33,36)/t19-,21-,23-,24?,25+,26+,27?,29+,30-,31?,32?/m1/s1. The molecule has 1 amide bonds. The fraction of sp³-hybridized carbons (Fsp3) is 0.781. The van der Waals surface area contributed by atoms with E-state index in [0.29, 0.717) is 30.1 Å². The van der Waals surface area contributed by atoms with Crippen LogP contribution >= 0.6 is 0 Å². The minimum atomic E-state index is -4.21. The minimum Gasteiger partial charge on any atom is -0.393 e. The number of nitrogens with zero attached hydrogens (tertiary/aromatic N) is 1. The number of carbonyl (C=O) groups excluding carboxylic acids is 1. The molecular weight excluding hydrogens is 556 g/mol. The molecule has 0 bridgehead atoms. The van der Waals surface area contributed by atoms with Gasteiger partial charge in [-0.05, 0) is 110 Å². The molecule has 0 aliphatic heterocycles. The number of aliphatic hydroxyl groups is 2.